The summed E-state index contributed by atoms with van der Waals surface area (Å²) in [4.78, 5) is 23.7. The summed E-state index contributed by atoms with van der Waals surface area (Å²) in [7, 11) is 1.62. The molecule has 27 heavy (non-hydrogen) atoms. The number of phenols is 1. The summed E-state index contributed by atoms with van der Waals surface area (Å²) in [5.41, 5.74) is 2.39. The summed E-state index contributed by atoms with van der Waals surface area (Å²) in [6.45, 7) is 2.39. The summed E-state index contributed by atoms with van der Waals surface area (Å²) < 4.78 is 5.11. The number of aromatic hydroxyl groups is 1. The number of carbonyl (C=O) groups excluding carboxylic acids is 2. The Balaban J connectivity index is 1.62. The first kappa shape index (κ1) is 20.6. The summed E-state index contributed by atoms with van der Waals surface area (Å²) in [6.07, 6.45) is 0.730. The van der Waals surface area contributed by atoms with Gasteiger partial charge in [-0.15, -0.1) is 11.8 Å². The van der Waals surface area contributed by atoms with Gasteiger partial charge in [-0.3, -0.25) is 9.59 Å². The van der Waals surface area contributed by atoms with Gasteiger partial charge in [-0.2, -0.15) is 0 Å². The third-order valence-electron chi connectivity index (χ3n) is 3.79. The van der Waals surface area contributed by atoms with Crippen LogP contribution in [0.2, 0.25) is 0 Å². The average Bonchev–Trinajstić information content (AvgIpc) is 2.64. The molecule has 6 nitrogen and oxygen atoms in total. The Morgan fingerprint density at radius 2 is 1.78 bits per heavy atom. The Labute approximate surface area is 163 Å². The number of hydrogen-bond donors (Lipinski definition) is 3. The molecule has 2 aromatic carbocycles. The lowest BCUT2D eigenvalue weighted by molar-refractivity contribution is -0.118. The molecule has 3 N–H and O–H groups in total. The smallest absolute Gasteiger partial charge is 0.234 e. The van der Waals surface area contributed by atoms with Crippen molar-refractivity contribution >= 4 is 29.3 Å². The van der Waals surface area contributed by atoms with Gasteiger partial charge in [-0.1, -0.05) is 18.2 Å². The highest BCUT2D eigenvalue weighted by Crippen LogP contribution is 2.23. The Kier molecular flexibility index (Phi) is 8.00. The molecule has 0 saturated heterocycles. The van der Waals surface area contributed by atoms with E-state index in [9.17, 15) is 14.7 Å². The zero-order chi connectivity index (χ0) is 19.6. The van der Waals surface area contributed by atoms with Crippen LogP contribution in [0, 0.1) is 6.92 Å². The highest BCUT2D eigenvalue weighted by Gasteiger charge is 2.08. The van der Waals surface area contributed by atoms with Crippen LogP contribution in [0.3, 0.4) is 0 Å². The number of carbonyl (C=O) groups is 2. The fourth-order valence-electron chi connectivity index (χ4n) is 2.36. The van der Waals surface area contributed by atoms with E-state index in [1.54, 1.807) is 25.3 Å². The van der Waals surface area contributed by atoms with Crippen LogP contribution < -0.4 is 15.4 Å². The molecule has 0 bridgehead atoms. The summed E-state index contributed by atoms with van der Waals surface area (Å²) in [5.74, 6) is 0.806. The summed E-state index contributed by atoms with van der Waals surface area (Å²) in [6, 6.07) is 12.7. The highest BCUT2D eigenvalue weighted by molar-refractivity contribution is 8.00. The predicted molar refractivity (Wildman–Crippen MR) is 109 cm³/mol. The first-order chi connectivity index (χ1) is 13.0. The van der Waals surface area contributed by atoms with Crippen LogP contribution in [0.15, 0.2) is 42.5 Å². The average molecular weight is 388 g/mol. The molecule has 0 saturated carbocycles. The van der Waals surface area contributed by atoms with Crippen molar-refractivity contribution in [3.63, 3.8) is 0 Å². The van der Waals surface area contributed by atoms with Gasteiger partial charge >= 0.3 is 0 Å². The number of thioether (sulfide) groups is 1. The molecule has 0 radical (unpaired) electrons. The minimum atomic E-state index is -0.259. The van der Waals surface area contributed by atoms with E-state index in [4.69, 9.17) is 4.74 Å². The lowest BCUT2D eigenvalue weighted by atomic mass is 10.1. The molecule has 0 atom stereocenters. The van der Waals surface area contributed by atoms with Crippen molar-refractivity contribution in [3.8, 4) is 11.5 Å². The second-order valence-corrected chi connectivity index (χ2v) is 7.00. The first-order valence-electron chi connectivity index (χ1n) is 8.55. The number of aryl methyl sites for hydroxylation is 1. The number of hydrogen-bond acceptors (Lipinski definition) is 5. The molecule has 0 fully saturated rings. The van der Waals surface area contributed by atoms with Crippen LogP contribution in [0.1, 0.15) is 11.1 Å². The van der Waals surface area contributed by atoms with Gasteiger partial charge in [-0.05, 0) is 48.7 Å². The van der Waals surface area contributed by atoms with Crippen molar-refractivity contribution < 1.29 is 19.4 Å². The lowest BCUT2D eigenvalue weighted by Gasteiger charge is -2.08. The van der Waals surface area contributed by atoms with E-state index in [2.05, 4.69) is 10.6 Å². The van der Waals surface area contributed by atoms with E-state index in [0.29, 0.717) is 12.2 Å². The minimum Gasteiger partial charge on any atom is -0.506 e. The SMILES string of the molecule is COc1ccc(CCNC(=O)CSCC(=O)Nc2ccc(C)cc2O)cc1. The maximum atomic E-state index is 11.9. The summed E-state index contributed by atoms with van der Waals surface area (Å²) >= 11 is 1.23. The molecule has 2 aromatic rings. The van der Waals surface area contributed by atoms with Crippen LogP contribution in [0.5, 0.6) is 11.5 Å². The van der Waals surface area contributed by atoms with Gasteiger partial charge in [0.2, 0.25) is 11.8 Å². The molecule has 0 heterocycles. The Hall–Kier alpha value is -2.67. The van der Waals surface area contributed by atoms with Gasteiger partial charge in [-0.25, -0.2) is 0 Å². The molecular formula is C20H24N2O4S. The fourth-order valence-corrected chi connectivity index (χ4v) is 3.01. The third-order valence-corrected chi connectivity index (χ3v) is 4.72. The number of rotatable bonds is 9. The molecule has 0 aromatic heterocycles. The number of nitrogens with one attached hydrogen (secondary N) is 2. The maximum absolute atomic E-state index is 11.9. The van der Waals surface area contributed by atoms with Crippen LogP contribution in [-0.2, 0) is 16.0 Å². The number of benzene rings is 2. The molecule has 144 valence electrons. The van der Waals surface area contributed by atoms with Crippen LogP contribution in [-0.4, -0.2) is 42.1 Å². The molecule has 0 aliphatic heterocycles. The van der Waals surface area contributed by atoms with Crippen molar-refractivity contribution in [1.82, 2.24) is 5.32 Å². The first-order valence-corrected chi connectivity index (χ1v) is 9.70. The molecule has 0 aliphatic rings. The van der Waals surface area contributed by atoms with Crippen molar-refractivity contribution in [2.45, 2.75) is 13.3 Å². The highest BCUT2D eigenvalue weighted by atomic mass is 32.2. The maximum Gasteiger partial charge on any atom is 0.234 e. The van der Waals surface area contributed by atoms with Crippen LogP contribution in [0.4, 0.5) is 5.69 Å². The predicted octanol–water partition coefficient (Wildman–Crippen LogP) is 2.74. The van der Waals surface area contributed by atoms with Gasteiger partial charge in [0.25, 0.3) is 0 Å². The second kappa shape index (κ2) is 10.5. The quantitative estimate of drug-likeness (QED) is 0.575. The standard InChI is InChI=1S/C20H24N2O4S/c1-14-3-8-17(18(23)11-14)22-20(25)13-27-12-19(24)21-10-9-15-4-6-16(26-2)7-5-15/h3-8,11,23H,9-10,12-13H2,1-2H3,(H,21,24)(H,22,25). The van der Waals surface area contributed by atoms with Gasteiger partial charge in [0.15, 0.2) is 0 Å². The van der Waals surface area contributed by atoms with Crippen LogP contribution >= 0.6 is 11.8 Å². The van der Waals surface area contributed by atoms with Crippen molar-refractivity contribution in [1.29, 1.82) is 0 Å². The largest absolute Gasteiger partial charge is 0.506 e. The van der Waals surface area contributed by atoms with E-state index in [1.165, 1.54) is 11.8 Å². The number of methoxy groups -OCH3 is 1. The molecule has 2 rings (SSSR count). The van der Waals surface area contributed by atoms with E-state index in [0.717, 1.165) is 23.3 Å². The topological polar surface area (TPSA) is 87.7 Å². The van der Waals surface area contributed by atoms with Crippen molar-refractivity contribution in [2.75, 3.05) is 30.5 Å². The monoisotopic (exact) mass is 388 g/mol. The van der Waals surface area contributed by atoms with Gasteiger partial charge < -0.3 is 20.5 Å². The second-order valence-electron chi connectivity index (χ2n) is 6.01. The molecule has 7 heteroatoms. The van der Waals surface area contributed by atoms with E-state index >= 15 is 0 Å². The molecule has 2 amide bonds. The van der Waals surface area contributed by atoms with E-state index in [-0.39, 0.29) is 29.1 Å². The van der Waals surface area contributed by atoms with E-state index < -0.39 is 0 Å². The fraction of sp³-hybridized carbons (Fsp3) is 0.300. The lowest BCUT2D eigenvalue weighted by Crippen LogP contribution is -2.28. The zero-order valence-electron chi connectivity index (χ0n) is 15.5. The Bertz CT molecular complexity index is 778. The minimum absolute atomic E-state index is 0.0321. The Morgan fingerprint density at radius 3 is 2.44 bits per heavy atom. The number of amides is 2. The number of anilines is 1. The molecule has 0 aliphatic carbocycles. The third kappa shape index (κ3) is 7.22. The Morgan fingerprint density at radius 1 is 1.07 bits per heavy atom. The van der Waals surface area contributed by atoms with Gasteiger partial charge in [0.05, 0.1) is 24.3 Å². The molecule has 0 spiro atoms. The molecular weight excluding hydrogens is 364 g/mol. The summed E-state index contributed by atoms with van der Waals surface area (Å²) in [5, 5.41) is 15.3. The van der Waals surface area contributed by atoms with Gasteiger partial charge in [0, 0.05) is 6.54 Å². The van der Waals surface area contributed by atoms with Gasteiger partial charge in [0.1, 0.15) is 11.5 Å². The van der Waals surface area contributed by atoms with Crippen molar-refractivity contribution in [2.24, 2.45) is 0 Å². The number of ether oxygens (including phenoxy) is 1. The van der Waals surface area contributed by atoms with Crippen molar-refractivity contribution in [3.05, 3.63) is 53.6 Å². The molecule has 0 unspecified atom stereocenters. The van der Waals surface area contributed by atoms with Crippen LogP contribution in [0.25, 0.3) is 0 Å². The van der Waals surface area contributed by atoms with E-state index in [1.807, 2.05) is 31.2 Å². The zero-order valence-corrected chi connectivity index (χ0v) is 16.3. The normalized spacial score (nSPS) is 10.3. The number of phenolic OH excluding ortho intramolecular Hbond substituents is 1.